The zero-order valence-electron chi connectivity index (χ0n) is 23.9. The monoisotopic (exact) mass is 592 g/mol. The number of thiophene rings is 2. The topological polar surface area (TPSA) is 40.5 Å². The quantitative estimate of drug-likeness (QED) is 0.200. The summed E-state index contributed by atoms with van der Waals surface area (Å²) in [7, 11) is -1.50. The van der Waals surface area contributed by atoms with E-state index in [9.17, 15) is 10.0 Å². The molecule has 2 heterocycles. The first-order chi connectivity index (χ1) is 21.2. The predicted octanol–water partition coefficient (Wildman–Crippen LogP) is 10.1. The third-order valence-corrected chi connectivity index (χ3v) is 10.4. The molecule has 8 rings (SSSR count). The van der Waals surface area contributed by atoms with Crippen molar-refractivity contribution in [3.63, 3.8) is 0 Å². The van der Waals surface area contributed by atoms with Crippen LogP contribution in [0.1, 0.15) is 13.8 Å². The molecule has 0 saturated heterocycles. The molecule has 2 aromatic heterocycles. The highest BCUT2D eigenvalue weighted by molar-refractivity contribution is 7.27. The first-order valence-corrected chi connectivity index (χ1v) is 16.2. The second-order valence-electron chi connectivity index (χ2n) is 10.3. The minimum atomic E-state index is -1.50. The Kier molecular flexibility index (Phi) is 7.33. The first-order valence-electron chi connectivity index (χ1n) is 14.6. The van der Waals surface area contributed by atoms with Crippen molar-refractivity contribution in [2.24, 2.45) is 0 Å². The summed E-state index contributed by atoms with van der Waals surface area (Å²) in [6.07, 6.45) is 0. The van der Waals surface area contributed by atoms with Crippen LogP contribution in [0.5, 0.6) is 0 Å². The van der Waals surface area contributed by atoms with E-state index in [1.54, 1.807) is 17.4 Å². The fourth-order valence-corrected chi connectivity index (χ4v) is 8.59. The Morgan fingerprint density at radius 2 is 0.907 bits per heavy atom. The van der Waals surface area contributed by atoms with E-state index in [0.29, 0.717) is 5.46 Å². The SMILES string of the molecule is CC.OB(O)c1cccc2c1sc1c(-c3cccc(-c4cccc(-c5cccc6c5sc5ccccc56)c4)c3)cccc12. The van der Waals surface area contributed by atoms with Gasteiger partial charge >= 0.3 is 7.12 Å². The fourth-order valence-electron chi connectivity index (χ4n) is 5.98. The minimum absolute atomic E-state index is 0.550. The molecule has 0 radical (unpaired) electrons. The molecular formula is C38H29BO2S2. The van der Waals surface area contributed by atoms with E-state index in [2.05, 4.69) is 115 Å². The number of fused-ring (bicyclic) bond motifs is 6. The van der Waals surface area contributed by atoms with Gasteiger partial charge in [0.15, 0.2) is 0 Å². The van der Waals surface area contributed by atoms with Gasteiger partial charge in [-0.15, -0.1) is 22.7 Å². The Morgan fingerprint density at radius 1 is 0.442 bits per heavy atom. The van der Waals surface area contributed by atoms with E-state index in [0.717, 1.165) is 36.9 Å². The van der Waals surface area contributed by atoms with Crippen molar-refractivity contribution in [2.75, 3.05) is 0 Å². The minimum Gasteiger partial charge on any atom is -0.423 e. The summed E-state index contributed by atoms with van der Waals surface area (Å²) in [5, 5.41) is 24.7. The Morgan fingerprint density at radius 3 is 1.53 bits per heavy atom. The van der Waals surface area contributed by atoms with Gasteiger partial charge in [0.05, 0.1) is 0 Å². The van der Waals surface area contributed by atoms with Gasteiger partial charge in [0.25, 0.3) is 0 Å². The largest absolute Gasteiger partial charge is 0.489 e. The van der Waals surface area contributed by atoms with E-state index in [4.69, 9.17) is 0 Å². The molecule has 2 nitrogen and oxygen atoms in total. The van der Waals surface area contributed by atoms with Gasteiger partial charge in [0.2, 0.25) is 0 Å². The highest BCUT2D eigenvalue weighted by atomic mass is 32.1. The lowest BCUT2D eigenvalue weighted by Gasteiger charge is -2.10. The molecule has 6 aromatic carbocycles. The van der Waals surface area contributed by atoms with Crippen LogP contribution in [0.15, 0.2) is 127 Å². The van der Waals surface area contributed by atoms with Crippen molar-refractivity contribution < 1.29 is 10.0 Å². The molecule has 0 unspecified atom stereocenters. The second kappa shape index (κ2) is 11.4. The van der Waals surface area contributed by atoms with E-state index < -0.39 is 7.12 Å². The molecule has 0 spiro atoms. The molecule has 5 heteroatoms. The van der Waals surface area contributed by atoms with Gasteiger partial charge in [-0.1, -0.05) is 123 Å². The van der Waals surface area contributed by atoms with Crippen LogP contribution in [0.25, 0.3) is 73.7 Å². The van der Waals surface area contributed by atoms with Gasteiger partial charge < -0.3 is 10.0 Å². The van der Waals surface area contributed by atoms with Crippen molar-refractivity contribution in [3.05, 3.63) is 127 Å². The van der Waals surface area contributed by atoms with E-state index in [-0.39, 0.29) is 0 Å². The fraction of sp³-hybridized carbons (Fsp3) is 0.0526. The van der Waals surface area contributed by atoms with Crippen molar-refractivity contribution in [3.8, 4) is 33.4 Å². The molecule has 0 amide bonds. The summed E-state index contributed by atoms with van der Waals surface area (Å²) in [6, 6.07) is 44.9. The van der Waals surface area contributed by atoms with E-state index >= 15 is 0 Å². The summed E-state index contributed by atoms with van der Waals surface area (Å²) in [5.74, 6) is 0. The Bertz CT molecular complexity index is 2260. The van der Waals surface area contributed by atoms with Crippen molar-refractivity contribution in [1.29, 1.82) is 0 Å². The van der Waals surface area contributed by atoms with Gasteiger partial charge in [-0.25, -0.2) is 0 Å². The summed E-state index contributed by atoms with van der Waals surface area (Å²) >= 11 is 3.48. The summed E-state index contributed by atoms with van der Waals surface area (Å²) in [6.45, 7) is 4.00. The zero-order chi connectivity index (χ0) is 29.5. The number of rotatable bonds is 4. The molecular weight excluding hydrogens is 563 g/mol. The maximum atomic E-state index is 9.96. The van der Waals surface area contributed by atoms with Crippen LogP contribution in [0.2, 0.25) is 0 Å². The van der Waals surface area contributed by atoms with Crippen LogP contribution in [0.4, 0.5) is 0 Å². The van der Waals surface area contributed by atoms with Crippen LogP contribution < -0.4 is 5.46 Å². The standard InChI is InChI=1S/C36H23BO2S2.C2H6/c38-37(39)32-18-7-17-31-30-16-6-14-27(35(30)41-36(31)32)25-11-4-9-23(21-25)22-8-3-10-24(20-22)26-13-5-15-29-28-12-1-2-19-33(28)40-34(26)29;1-2/h1-21,38-39H;1-2H3. The molecule has 0 saturated carbocycles. The maximum absolute atomic E-state index is 9.96. The molecule has 0 aliphatic carbocycles. The van der Waals surface area contributed by atoms with Crippen LogP contribution in [-0.4, -0.2) is 17.2 Å². The lowest BCUT2D eigenvalue weighted by molar-refractivity contribution is 0.426. The van der Waals surface area contributed by atoms with E-state index in [1.165, 1.54) is 36.9 Å². The molecule has 0 atom stereocenters. The highest BCUT2D eigenvalue weighted by Crippen LogP contribution is 2.42. The van der Waals surface area contributed by atoms with Gasteiger partial charge in [0.1, 0.15) is 0 Å². The highest BCUT2D eigenvalue weighted by Gasteiger charge is 2.19. The van der Waals surface area contributed by atoms with Crippen LogP contribution in [-0.2, 0) is 0 Å². The Balaban J connectivity index is 0.00000147. The number of benzene rings is 6. The molecule has 43 heavy (non-hydrogen) atoms. The summed E-state index contributed by atoms with van der Waals surface area (Å²) < 4.78 is 4.71. The van der Waals surface area contributed by atoms with Crippen molar-refractivity contribution in [2.45, 2.75) is 13.8 Å². The molecule has 208 valence electrons. The van der Waals surface area contributed by atoms with Crippen LogP contribution in [0, 0.1) is 0 Å². The van der Waals surface area contributed by atoms with Crippen LogP contribution in [0.3, 0.4) is 0 Å². The predicted molar refractivity (Wildman–Crippen MR) is 190 cm³/mol. The molecule has 2 N–H and O–H groups in total. The lowest BCUT2D eigenvalue weighted by Crippen LogP contribution is -2.29. The smallest absolute Gasteiger partial charge is 0.423 e. The zero-order valence-corrected chi connectivity index (χ0v) is 25.5. The molecule has 0 fully saturated rings. The third-order valence-electron chi connectivity index (χ3n) is 7.92. The Labute approximate surface area is 259 Å². The molecule has 0 aliphatic rings. The van der Waals surface area contributed by atoms with Crippen LogP contribution >= 0.6 is 22.7 Å². The summed E-state index contributed by atoms with van der Waals surface area (Å²) in [5.41, 5.74) is 7.66. The maximum Gasteiger partial charge on any atom is 0.489 e. The normalized spacial score (nSPS) is 11.3. The average molecular weight is 593 g/mol. The summed E-state index contributed by atoms with van der Waals surface area (Å²) in [4.78, 5) is 0. The second-order valence-corrected chi connectivity index (χ2v) is 12.4. The van der Waals surface area contributed by atoms with Gasteiger partial charge in [-0.3, -0.25) is 0 Å². The third kappa shape index (κ3) is 4.75. The van der Waals surface area contributed by atoms with Crippen molar-refractivity contribution >= 4 is 75.6 Å². The number of hydrogen-bond acceptors (Lipinski definition) is 4. The number of hydrogen-bond donors (Lipinski definition) is 2. The molecule has 8 aromatic rings. The molecule has 0 aliphatic heterocycles. The first kappa shape index (κ1) is 27.6. The van der Waals surface area contributed by atoms with Gasteiger partial charge in [-0.05, 0) is 62.4 Å². The van der Waals surface area contributed by atoms with E-state index in [1.807, 2.05) is 31.3 Å². The lowest BCUT2D eigenvalue weighted by atomic mass is 9.80. The average Bonchev–Trinajstić information content (AvgIpc) is 3.64. The van der Waals surface area contributed by atoms with Gasteiger partial charge in [0, 0.05) is 35.0 Å². The Hall–Kier alpha value is -4.26. The van der Waals surface area contributed by atoms with Gasteiger partial charge in [-0.2, -0.15) is 0 Å². The molecule has 0 bridgehead atoms. The van der Waals surface area contributed by atoms with Crippen molar-refractivity contribution in [1.82, 2.24) is 0 Å².